The third kappa shape index (κ3) is 2.71. The maximum atomic E-state index is 11.9. The van der Waals surface area contributed by atoms with Crippen LogP contribution >= 0.6 is 0 Å². The number of nitrogens with zero attached hydrogens (tertiary/aromatic N) is 1. The molecular weight excluding hydrogens is 188 g/mol. The van der Waals surface area contributed by atoms with Gasteiger partial charge in [-0.15, -0.1) is 0 Å². The van der Waals surface area contributed by atoms with Crippen LogP contribution in [0.5, 0.6) is 0 Å². The van der Waals surface area contributed by atoms with Gasteiger partial charge in [-0.3, -0.25) is 4.79 Å². The first-order valence-corrected chi connectivity index (χ1v) is 6.01. The lowest BCUT2D eigenvalue weighted by molar-refractivity contribution is -0.125. The number of hydrogen-bond donors (Lipinski definition) is 1. The molecule has 3 heteroatoms. The van der Waals surface area contributed by atoms with E-state index in [-0.39, 0.29) is 11.9 Å². The third-order valence-electron chi connectivity index (χ3n) is 3.64. The summed E-state index contributed by atoms with van der Waals surface area (Å²) in [6, 6.07) is 0.268. The predicted molar refractivity (Wildman–Crippen MR) is 60.5 cm³/mol. The number of fused-ring (bicyclic) bond motifs is 1. The highest BCUT2D eigenvalue weighted by atomic mass is 16.1. The fourth-order valence-electron chi connectivity index (χ4n) is 2.88. The average Bonchev–Trinajstić information content (AvgIpc) is 2.71. The van der Waals surface area contributed by atoms with Crippen LogP contribution in [-0.4, -0.2) is 37.5 Å². The minimum absolute atomic E-state index is 0.268. The summed E-state index contributed by atoms with van der Waals surface area (Å²) in [6.45, 7) is 3.00. The first-order valence-electron chi connectivity index (χ1n) is 6.01. The lowest BCUT2D eigenvalue weighted by atomic mass is 10.0. The number of likely N-dealkylation sites (N-methyl/N-ethyl adjacent to an activating group) is 1. The summed E-state index contributed by atoms with van der Waals surface area (Å²) in [7, 11) is 4.07. The maximum Gasteiger partial charge on any atom is 0.223 e. The van der Waals surface area contributed by atoms with Crippen molar-refractivity contribution in [1.29, 1.82) is 0 Å². The normalized spacial score (nSPS) is 35.1. The summed E-state index contributed by atoms with van der Waals surface area (Å²) < 4.78 is 0. The summed E-state index contributed by atoms with van der Waals surface area (Å²) in [5.74, 6) is 2.39. The molecular formula is C12H22N2O. The van der Waals surface area contributed by atoms with E-state index < -0.39 is 0 Å². The Labute approximate surface area is 92.2 Å². The van der Waals surface area contributed by atoms with E-state index in [4.69, 9.17) is 0 Å². The lowest BCUT2D eigenvalue weighted by Gasteiger charge is -2.20. The van der Waals surface area contributed by atoms with Crippen LogP contribution in [0.2, 0.25) is 0 Å². The van der Waals surface area contributed by atoms with Crippen LogP contribution in [0.3, 0.4) is 0 Å². The van der Waals surface area contributed by atoms with E-state index in [0.29, 0.717) is 5.92 Å². The van der Waals surface area contributed by atoms with Gasteiger partial charge in [0.2, 0.25) is 5.91 Å². The molecule has 1 amide bonds. The topological polar surface area (TPSA) is 32.3 Å². The van der Waals surface area contributed by atoms with Gasteiger partial charge in [-0.2, -0.15) is 0 Å². The van der Waals surface area contributed by atoms with Gasteiger partial charge >= 0.3 is 0 Å². The number of hydrogen-bond acceptors (Lipinski definition) is 2. The predicted octanol–water partition coefficient (Wildman–Crippen LogP) is 1.10. The molecule has 0 spiro atoms. The monoisotopic (exact) mass is 210 g/mol. The molecule has 2 aliphatic carbocycles. The van der Waals surface area contributed by atoms with Crippen molar-refractivity contribution in [3.63, 3.8) is 0 Å². The van der Waals surface area contributed by atoms with Crippen molar-refractivity contribution in [2.75, 3.05) is 20.6 Å². The van der Waals surface area contributed by atoms with Crippen molar-refractivity contribution < 1.29 is 4.79 Å². The van der Waals surface area contributed by atoms with E-state index in [0.717, 1.165) is 31.2 Å². The second kappa shape index (κ2) is 4.12. The van der Waals surface area contributed by atoms with Crippen molar-refractivity contribution in [3.05, 3.63) is 0 Å². The molecule has 15 heavy (non-hydrogen) atoms. The molecule has 3 atom stereocenters. The van der Waals surface area contributed by atoms with Crippen LogP contribution in [0.15, 0.2) is 0 Å². The third-order valence-corrected chi connectivity index (χ3v) is 3.64. The molecule has 2 fully saturated rings. The number of carbonyl (C=O) groups is 1. The van der Waals surface area contributed by atoms with Gasteiger partial charge in [-0.25, -0.2) is 0 Å². The van der Waals surface area contributed by atoms with Crippen molar-refractivity contribution in [2.45, 2.75) is 32.2 Å². The Hall–Kier alpha value is -0.570. The van der Waals surface area contributed by atoms with Crippen molar-refractivity contribution >= 4 is 5.91 Å². The Kier molecular flexibility index (Phi) is 3.01. The fraction of sp³-hybridized carbons (Fsp3) is 0.917. The van der Waals surface area contributed by atoms with Gasteiger partial charge in [0.05, 0.1) is 0 Å². The molecule has 0 aliphatic heterocycles. The highest BCUT2D eigenvalue weighted by molar-refractivity contribution is 5.79. The second-order valence-electron chi connectivity index (χ2n) is 5.60. The average molecular weight is 210 g/mol. The highest BCUT2D eigenvalue weighted by Gasteiger charge is 2.48. The van der Waals surface area contributed by atoms with Crippen LogP contribution in [-0.2, 0) is 4.79 Å². The highest BCUT2D eigenvalue weighted by Crippen LogP contribution is 2.54. The molecule has 0 saturated heterocycles. The molecule has 0 heterocycles. The zero-order valence-corrected chi connectivity index (χ0v) is 9.99. The minimum atomic E-state index is 0.268. The van der Waals surface area contributed by atoms with Gasteiger partial charge in [0.25, 0.3) is 0 Å². The van der Waals surface area contributed by atoms with Crippen LogP contribution in [0.25, 0.3) is 0 Å². The zero-order valence-electron chi connectivity index (χ0n) is 9.99. The number of rotatable bonds is 4. The number of carbonyl (C=O) groups excluding carboxylic acids is 1. The molecule has 0 radical (unpaired) electrons. The van der Waals surface area contributed by atoms with Crippen molar-refractivity contribution in [3.8, 4) is 0 Å². The molecule has 3 unspecified atom stereocenters. The number of amides is 1. The van der Waals surface area contributed by atoms with Gasteiger partial charge in [0.15, 0.2) is 0 Å². The minimum Gasteiger partial charge on any atom is -0.352 e. The number of nitrogens with one attached hydrogen (secondary N) is 1. The van der Waals surface area contributed by atoms with E-state index in [2.05, 4.69) is 17.1 Å². The summed E-state index contributed by atoms with van der Waals surface area (Å²) in [6.07, 6.45) is 3.67. The lowest BCUT2D eigenvalue weighted by Crippen LogP contribution is -2.42. The SMILES string of the molecule is CC(CN(C)C)NC(=O)C1CC2CC2C1. The summed E-state index contributed by atoms with van der Waals surface area (Å²) >= 11 is 0. The molecule has 3 nitrogen and oxygen atoms in total. The zero-order chi connectivity index (χ0) is 11.0. The smallest absolute Gasteiger partial charge is 0.223 e. The Balaban J connectivity index is 1.72. The largest absolute Gasteiger partial charge is 0.352 e. The first kappa shape index (κ1) is 10.9. The van der Waals surface area contributed by atoms with Gasteiger partial charge in [0.1, 0.15) is 0 Å². The maximum absolute atomic E-state index is 11.9. The molecule has 86 valence electrons. The molecule has 0 aromatic rings. The first-order chi connectivity index (χ1) is 7.06. The summed E-state index contributed by atoms with van der Waals surface area (Å²) in [5, 5.41) is 3.11. The molecule has 1 N–H and O–H groups in total. The van der Waals surface area contributed by atoms with Crippen molar-refractivity contribution in [1.82, 2.24) is 10.2 Å². The van der Waals surface area contributed by atoms with Crippen LogP contribution < -0.4 is 5.32 Å². The van der Waals surface area contributed by atoms with Gasteiger partial charge in [-0.05, 0) is 52.1 Å². The van der Waals surface area contributed by atoms with E-state index in [1.54, 1.807) is 0 Å². The standard InChI is InChI=1S/C12H22N2O/c1-8(7-14(2)3)13-12(15)11-5-9-4-10(9)6-11/h8-11H,4-7H2,1-3H3,(H,13,15). The molecule has 0 aromatic heterocycles. The Morgan fingerprint density at radius 1 is 1.33 bits per heavy atom. The van der Waals surface area contributed by atoms with Gasteiger partial charge < -0.3 is 10.2 Å². The molecule has 2 aliphatic rings. The summed E-state index contributed by atoms with van der Waals surface area (Å²) in [5.41, 5.74) is 0. The Bertz CT molecular complexity index is 242. The second-order valence-corrected chi connectivity index (χ2v) is 5.60. The van der Waals surface area contributed by atoms with E-state index in [1.807, 2.05) is 14.1 Å². The van der Waals surface area contributed by atoms with Crippen LogP contribution in [0.1, 0.15) is 26.2 Å². The Morgan fingerprint density at radius 2 is 1.93 bits per heavy atom. The molecule has 2 saturated carbocycles. The van der Waals surface area contributed by atoms with Gasteiger partial charge in [-0.1, -0.05) is 0 Å². The Morgan fingerprint density at radius 3 is 2.47 bits per heavy atom. The molecule has 0 aromatic carbocycles. The fourth-order valence-corrected chi connectivity index (χ4v) is 2.88. The van der Waals surface area contributed by atoms with Crippen molar-refractivity contribution in [2.24, 2.45) is 17.8 Å². The molecule has 2 rings (SSSR count). The van der Waals surface area contributed by atoms with E-state index in [9.17, 15) is 4.79 Å². The van der Waals surface area contributed by atoms with E-state index >= 15 is 0 Å². The summed E-state index contributed by atoms with van der Waals surface area (Å²) in [4.78, 5) is 14.0. The quantitative estimate of drug-likeness (QED) is 0.753. The van der Waals surface area contributed by atoms with Crippen LogP contribution in [0.4, 0.5) is 0 Å². The van der Waals surface area contributed by atoms with E-state index in [1.165, 1.54) is 6.42 Å². The molecule has 0 bridgehead atoms. The van der Waals surface area contributed by atoms with Gasteiger partial charge in [0, 0.05) is 18.5 Å². The van der Waals surface area contributed by atoms with Crippen LogP contribution in [0, 0.1) is 17.8 Å².